The zero-order valence-corrected chi connectivity index (χ0v) is 17.9. The van der Waals surface area contributed by atoms with E-state index in [9.17, 15) is 18.0 Å². The minimum absolute atomic E-state index is 0.0235. The molecule has 0 aliphatic heterocycles. The molecular formula is C19H24ClN3O4S. The second-order valence-corrected chi connectivity index (χ2v) is 8.65. The SMILES string of the molecule is CCN(CC)S(=O)(=O)c1ccc(=O)n(CC(=O)N(C)c2ccc(C)c(Cl)c2)c1. The van der Waals surface area contributed by atoms with Crippen molar-refractivity contribution in [2.75, 3.05) is 25.0 Å². The maximum absolute atomic E-state index is 12.7. The van der Waals surface area contributed by atoms with E-state index in [1.165, 1.54) is 21.5 Å². The summed E-state index contributed by atoms with van der Waals surface area (Å²) >= 11 is 6.11. The second kappa shape index (κ2) is 8.89. The third-order valence-corrected chi connectivity index (χ3v) is 6.96. The van der Waals surface area contributed by atoms with Gasteiger partial charge in [0.25, 0.3) is 5.56 Å². The van der Waals surface area contributed by atoms with Crippen molar-refractivity contribution in [3.05, 3.63) is 57.5 Å². The number of likely N-dealkylation sites (N-methyl/N-ethyl adjacent to an activating group) is 1. The topological polar surface area (TPSA) is 79.7 Å². The highest BCUT2D eigenvalue weighted by Gasteiger charge is 2.23. The van der Waals surface area contributed by atoms with Crippen LogP contribution in [0.1, 0.15) is 19.4 Å². The molecule has 1 aromatic heterocycles. The summed E-state index contributed by atoms with van der Waals surface area (Å²) in [4.78, 5) is 26.1. The van der Waals surface area contributed by atoms with Gasteiger partial charge in [-0.05, 0) is 30.7 Å². The Morgan fingerprint density at radius 1 is 1.14 bits per heavy atom. The van der Waals surface area contributed by atoms with Gasteiger partial charge in [0.1, 0.15) is 6.54 Å². The largest absolute Gasteiger partial charge is 0.314 e. The van der Waals surface area contributed by atoms with E-state index in [1.54, 1.807) is 39.1 Å². The van der Waals surface area contributed by atoms with E-state index in [4.69, 9.17) is 11.6 Å². The first-order valence-electron chi connectivity index (χ1n) is 8.85. The van der Waals surface area contributed by atoms with Gasteiger partial charge in [-0.2, -0.15) is 4.31 Å². The normalized spacial score (nSPS) is 11.6. The van der Waals surface area contributed by atoms with E-state index < -0.39 is 15.6 Å². The van der Waals surface area contributed by atoms with Gasteiger partial charge in [-0.25, -0.2) is 8.42 Å². The number of carbonyl (C=O) groups is 1. The Labute approximate surface area is 170 Å². The van der Waals surface area contributed by atoms with Crippen LogP contribution in [0.2, 0.25) is 5.02 Å². The van der Waals surface area contributed by atoms with Gasteiger partial charge in [0.15, 0.2) is 0 Å². The number of halogens is 1. The van der Waals surface area contributed by atoms with Crippen LogP contribution in [0.15, 0.2) is 46.2 Å². The average Bonchev–Trinajstić information content (AvgIpc) is 2.65. The van der Waals surface area contributed by atoms with Crippen molar-refractivity contribution in [3.63, 3.8) is 0 Å². The van der Waals surface area contributed by atoms with Crippen LogP contribution in [-0.4, -0.2) is 43.3 Å². The molecule has 0 saturated heterocycles. The summed E-state index contributed by atoms with van der Waals surface area (Å²) in [5.74, 6) is -0.376. The molecule has 2 aromatic rings. The fourth-order valence-corrected chi connectivity index (χ4v) is 4.34. The Bertz CT molecular complexity index is 1030. The Morgan fingerprint density at radius 2 is 1.79 bits per heavy atom. The fourth-order valence-electron chi connectivity index (χ4n) is 2.68. The van der Waals surface area contributed by atoms with E-state index in [0.29, 0.717) is 23.8 Å². The molecule has 0 bridgehead atoms. The zero-order chi connectivity index (χ0) is 21.1. The van der Waals surface area contributed by atoms with Crippen LogP contribution < -0.4 is 10.5 Å². The van der Waals surface area contributed by atoms with Crippen LogP contribution in [0, 0.1) is 6.92 Å². The van der Waals surface area contributed by atoms with Gasteiger partial charge in [-0.3, -0.25) is 9.59 Å². The van der Waals surface area contributed by atoms with Crippen molar-refractivity contribution in [1.82, 2.24) is 8.87 Å². The molecule has 0 atom stereocenters. The second-order valence-electron chi connectivity index (χ2n) is 6.31. The molecule has 0 aliphatic carbocycles. The lowest BCUT2D eigenvalue weighted by atomic mass is 10.2. The van der Waals surface area contributed by atoms with Crippen molar-refractivity contribution in [2.45, 2.75) is 32.2 Å². The first kappa shape index (κ1) is 22.1. The standard InChI is InChI=1S/C19H24ClN3O4S/c1-5-23(6-2)28(26,27)16-9-10-18(24)22(12-16)13-19(25)21(4)15-8-7-14(3)17(20)11-15/h7-12H,5-6,13H2,1-4H3. The average molecular weight is 426 g/mol. The van der Waals surface area contributed by atoms with Crippen molar-refractivity contribution in [1.29, 1.82) is 0 Å². The monoisotopic (exact) mass is 425 g/mol. The minimum atomic E-state index is -3.73. The van der Waals surface area contributed by atoms with E-state index in [1.807, 2.05) is 6.92 Å². The molecule has 1 amide bonds. The van der Waals surface area contributed by atoms with Crippen molar-refractivity contribution in [3.8, 4) is 0 Å². The van der Waals surface area contributed by atoms with E-state index >= 15 is 0 Å². The Morgan fingerprint density at radius 3 is 2.36 bits per heavy atom. The van der Waals surface area contributed by atoms with Gasteiger partial charge in [-0.15, -0.1) is 0 Å². The summed E-state index contributed by atoms with van der Waals surface area (Å²) in [6, 6.07) is 7.64. The Balaban J connectivity index is 2.32. The highest BCUT2D eigenvalue weighted by atomic mass is 35.5. The molecule has 0 fully saturated rings. The quantitative estimate of drug-likeness (QED) is 0.682. The van der Waals surface area contributed by atoms with E-state index in [2.05, 4.69) is 0 Å². The summed E-state index contributed by atoms with van der Waals surface area (Å²) in [6.45, 7) is 5.67. The number of pyridine rings is 1. The fraction of sp³-hybridized carbons (Fsp3) is 0.368. The molecule has 0 unspecified atom stereocenters. The first-order chi connectivity index (χ1) is 13.1. The van der Waals surface area contributed by atoms with Crippen molar-refractivity contribution < 1.29 is 13.2 Å². The number of carbonyl (C=O) groups excluding carboxylic acids is 1. The van der Waals surface area contributed by atoms with Crippen molar-refractivity contribution in [2.24, 2.45) is 0 Å². The van der Waals surface area contributed by atoms with E-state index in [0.717, 1.165) is 16.2 Å². The molecule has 7 nitrogen and oxygen atoms in total. The molecule has 1 heterocycles. The molecule has 0 saturated carbocycles. The number of hydrogen-bond acceptors (Lipinski definition) is 4. The summed E-state index contributed by atoms with van der Waals surface area (Å²) < 4.78 is 27.7. The van der Waals surface area contributed by atoms with Crippen LogP contribution in [0.5, 0.6) is 0 Å². The van der Waals surface area contributed by atoms with Gasteiger partial charge < -0.3 is 9.47 Å². The zero-order valence-electron chi connectivity index (χ0n) is 16.3. The smallest absolute Gasteiger partial charge is 0.251 e. The molecule has 0 aliphatic rings. The summed E-state index contributed by atoms with van der Waals surface area (Å²) in [6.07, 6.45) is 1.21. The predicted octanol–water partition coefficient (Wildman–Crippen LogP) is 2.50. The lowest BCUT2D eigenvalue weighted by Gasteiger charge is -2.20. The number of anilines is 1. The van der Waals surface area contributed by atoms with Gasteiger partial charge in [0.2, 0.25) is 15.9 Å². The number of amides is 1. The Kier molecular flexibility index (Phi) is 7.03. The highest BCUT2D eigenvalue weighted by Crippen LogP contribution is 2.22. The number of sulfonamides is 1. The lowest BCUT2D eigenvalue weighted by Crippen LogP contribution is -2.35. The maximum Gasteiger partial charge on any atom is 0.251 e. The molecule has 0 N–H and O–H groups in total. The molecule has 0 spiro atoms. The predicted molar refractivity (Wildman–Crippen MR) is 110 cm³/mol. The first-order valence-corrected chi connectivity index (χ1v) is 10.7. The maximum atomic E-state index is 12.7. The van der Waals surface area contributed by atoms with Gasteiger partial charge in [0.05, 0.1) is 4.90 Å². The van der Waals surface area contributed by atoms with Gasteiger partial charge in [0, 0.05) is 43.1 Å². The minimum Gasteiger partial charge on any atom is -0.314 e. The molecule has 1 aromatic carbocycles. The Hall–Kier alpha value is -2.16. The number of aryl methyl sites for hydroxylation is 1. The molecular weight excluding hydrogens is 402 g/mol. The van der Waals surface area contributed by atoms with Crippen molar-refractivity contribution >= 4 is 33.2 Å². The summed E-state index contributed by atoms with van der Waals surface area (Å²) in [7, 11) is -2.15. The molecule has 152 valence electrons. The third-order valence-electron chi connectivity index (χ3n) is 4.52. The number of aromatic nitrogens is 1. The highest BCUT2D eigenvalue weighted by molar-refractivity contribution is 7.89. The van der Waals surface area contributed by atoms with Crippen LogP contribution in [-0.2, 0) is 21.4 Å². The number of nitrogens with zero attached hydrogens (tertiary/aromatic N) is 3. The van der Waals surface area contributed by atoms with E-state index in [-0.39, 0.29) is 17.3 Å². The van der Waals surface area contributed by atoms with Gasteiger partial charge >= 0.3 is 0 Å². The molecule has 28 heavy (non-hydrogen) atoms. The third kappa shape index (κ3) is 4.63. The number of hydrogen-bond donors (Lipinski definition) is 0. The number of rotatable bonds is 7. The lowest BCUT2D eigenvalue weighted by molar-refractivity contribution is -0.118. The molecule has 9 heteroatoms. The van der Waals surface area contributed by atoms with Crippen LogP contribution >= 0.6 is 11.6 Å². The number of benzene rings is 1. The summed E-state index contributed by atoms with van der Waals surface area (Å²) in [5, 5.41) is 0.529. The molecule has 2 rings (SSSR count). The van der Waals surface area contributed by atoms with Crippen LogP contribution in [0.25, 0.3) is 0 Å². The molecule has 0 radical (unpaired) electrons. The van der Waals surface area contributed by atoms with Crippen LogP contribution in [0.4, 0.5) is 5.69 Å². The van der Waals surface area contributed by atoms with Crippen LogP contribution in [0.3, 0.4) is 0 Å². The van der Waals surface area contributed by atoms with Gasteiger partial charge in [-0.1, -0.05) is 31.5 Å². The summed E-state index contributed by atoms with van der Waals surface area (Å²) in [5.41, 5.74) is 1.01.